The average Bonchev–Trinajstić information content (AvgIpc) is 2.97. The van der Waals surface area contributed by atoms with Crippen molar-refractivity contribution in [3.05, 3.63) is 128 Å². The fourth-order valence-electron chi connectivity index (χ4n) is 3.64. The van der Waals surface area contributed by atoms with Gasteiger partial charge in [-0.3, -0.25) is 55.3 Å². The van der Waals surface area contributed by atoms with Crippen LogP contribution in [-0.4, -0.2) is 32.8 Å². The summed E-state index contributed by atoms with van der Waals surface area (Å²) in [6, 6.07) is 11.8. The van der Waals surface area contributed by atoms with E-state index in [1.54, 1.807) is 0 Å². The Kier molecular flexibility index (Phi) is 8.58. The van der Waals surface area contributed by atoms with Crippen LogP contribution in [0.4, 0.5) is 39.8 Å². The molecule has 0 saturated heterocycles. The average molecular weight is 641 g/mol. The summed E-state index contributed by atoms with van der Waals surface area (Å²) in [4.78, 5) is 54.7. The first-order chi connectivity index (χ1) is 21.1. The highest BCUT2D eigenvalue weighted by molar-refractivity contribution is 7.86. The quantitative estimate of drug-likeness (QED) is 0.0711. The second-order valence-electron chi connectivity index (χ2n) is 8.70. The van der Waals surface area contributed by atoms with Gasteiger partial charge in [0.1, 0.15) is 15.9 Å². The molecule has 0 aliphatic rings. The monoisotopic (exact) mass is 640 g/mol. The number of nitrogens with zero attached hydrogens (tertiary/aromatic N) is 5. The minimum absolute atomic E-state index is 0.153. The maximum Gasteiger partial charge on any atom is 0.319 e. The van der Waals surface area contributed by atoms with Crippen molar-refractivity contribution >= 4 is 49.9 Å². The van der Waals surface area contributed by atoms with Crippen molar-refractivity contribution in [1.82, 2.24) is 0 Å². The predicted molar refractivity (Wildman–Crippen MR) is 154 cm³/mol. The summed E-state index contributed by atoms with van der Waals surface area (Å²) in [7, 11) is -4.83. The topological polar surface area (TPSA) is 299 Å². The second kappa shape index (κ2) is 12.3. The molecule has 4 aromatic rings. The fraction of sp³-hybridized carbons (Fsp3) is 0. The lowest BCUT2D eigenvalue weighted by atomic mass is 10.2. The highest BCUT2D eigenvalue weighted by atomic mass is 32.2. The van der Waals surface area contributed by atoms with Gasteiger partial charge in [-0.05, 0) is 42.5 Å². The van der Waals surface area contributed by atoms with Gasteiger partial charge in [-0.15, -0.1) is 0 Å². The van der Waals surface area contributed by atoms with Crippen molar-refractivity contribution in [3.8, 4) is 5.75 Å². The number of hydrogen-bond donors (Lipinski definition) is 5. The van der Waals surface area contributed by atoms with Crippen LogP contribution in [0.15, 0.2) is 91.4 Å². The number of nitro benzene ring substituents is 3. The molecule has 5 N–H and O–H groups in total. The van der Waals surface area contributed by atoms with Crippen molar-refractivity contribution in [2.75, 3.05) is 16.2 Å². The van der Waals surface area contributed by atoms with Gasteiger partial charge >= 0.3 is 5.69 Å². The van der Waals surface area contributed by atoms with Crippen LogP contribution in [0.5, 0.6) is 5.75 Å². The van der Waals surface area contributed by atoms with Crippen LogP contribution in [0.25, 0.3) is 0 Å². The van der Waals surface area contributed by atoms with E-state index in [2.05, 4.69) is 26.4 Å². The first kappa shape index (κ1) is 31.3. The van der Waals surface area contributed by atoms with Crippen LogP contribution < -0.4 is 37.7 Å². The number of phenolic OH excluding ortho intramolecular Hbond substituents is 1. The van der Waals surface area contributed by atoms with Crippen LogP contribution in [-0.2, 0) is 10.1 Å². The molecule has 0 aliphatic carbocycles. The third-order valence-electron chi connectivity index (χ3n) is 5.77. The number of phenols is 1. The lowest BCUT2D eigenvalue weighted by Gasteiger charge is -2.11. The molecule has 0 unspecified atom stereocenters. The maximum absolute atomic E-state index is 12.8. The fourth-order valence-corrected chi connectivity index (χ4v) is 4.30. The molecule has 0 atom stereocenters. The smallest absolute Gasteiger partial charge is 0.319 e. The molecule has 230 valence electrons. The number of nitrogens with one attached hydrogen (secondary N) is 3. The summed E-state index contributed by atoms with van der Waals surface area (Å²) in [5.74, 6) is -1.03. The van der Waals surface area contributed by atoms with Gasteiger partial charge in [0, 0.05) is 23.9 Å². The highest BCUT2D eigenvalue weighted by Gasteiger charge is 2.24. The van der Waals surface area contributed by atoms with E-state index >= 15 is 0 Å². The van der Waals surface area contributed by atoms with E-state index in [1.807, 2.05) is 0 Å². The van der Waals surface area contributed by atoms with Crippen molar-refractivity contribution < 1.29 is 32.8 Å². The molecule has 4 aromatic carbocycles. The third-order valence-corrected chi connectivity index (χ3v) is 6.66. The van der Waals surface area contributed by atoms with E-state index < -0.39 is 74.5 Å². The Balaban J connectivity index is 1.59. The molecule has 0 heterocycles. The Hall–Kier alpha value is -6.61. The summed E-state index contributed by atoms with van der Waals surface area (Å²) >= 11 is 0. The summed E-state index contributed by atoms with van der Waals surface area (Å²) in [6.07, 6.45) is 0. The van der Waals surface area contributed by atoms with Crippen LogP contribution in [0, 0.1) is 30.3 Å². The lowest BCUT2D eigenvalue weighted by molar-refractivity contribution is -0.394. The van der Waals surface area contributed by atoms with Crippen molar-refractivity contribution in [3.63, 3.8) is 0 Å². The van der Waals surface area contributed by atoms with Gasteiger partial charge < -0.3 is 10.4 Å². The van der Waals surface area contributed by atoms with Gasteiger partial charge in [0.25, 0.3) is 21.5 Å². The zero-order valence-corrected chi connectivity index (χ0v) is 22.8. The van der Waals surface area contributed by atoms with Crippen LogP contribution in [0.3, 0.4) is 0 Å². The number of benzene rings is 4. The molecule has 0 bridgehead atoms. The molecule has 0 aromatic heterocycles. The van der Waals surface area contributed by atoms with Gasteiger partial charge in [0.05, 0.1) is 32.2 Å². The van der Waals surface area contributed by atoms with Gasteiger partial charge in [-0.1, -0.05) is 0 Å². The largest absolute Gasteiger partial charge is 0.501 e. The number of hydrogen-bond acceptors (Lipinski definition) is 16. The number of anilines is 4. The van der Waals surface area contributed by atoms with Gasteiger partial charge in [0.15, 0.2) is 5.36 Å². The molecule has 0 amide bonds. The van der Waals surface area contributed by atoms with E-state index in [1.165, 1.54) is 24.3 Å². The van der Waals surface area contributed by atoms with Crippen LogP contribution >= 0.6 is 0 Å². The van der Waals surface area contributed by atoms with Crippen LogP contribution in [0.1, 0.15) is 0 Å². The third kappa shape index (κ3) is 7.07. The Labute approximate surface area is 248 Å². The zero-order chi connectivity index (χ0) is 33.1. The molecule has 45 heavy (non-hydrogen) atoms. The molecular formula is C24H16N8O12S. The standard InChI is InChI=1S/C24H16N8O12S/c33-20-8-7-17(24(35)22(20)29-28-18-9-15(31(38)39)10-19(23(18)34)32(40)41)27-26-13-3-1-12(2-4-13)25-16-6-5-14(30(36)37)11-21(16)45(42,43)44/h1-11,25-26,28,34H,(H,42,43,44). The first-order valence-corrected chi connectivity index (χ1v) is 13.3. The van der Waals surface area contributed by atoms with E-state index in [4.69, 9.17) is 0 Å². The zero-order valence-electron chi connectivity index (χ0n) is 22.0. The van der Waals surface area contributed by atoms with Crippen molar-refractivity contribution in [2.24, 2.45) is 10.2 Å². The number of aromatic hydroxyl groups is 1. The molecule has 0 aliphatic heterocycles. The van der Waals surface area contributed by atoms with Gasteiger partial charge in [-0.25, -0.2) is 0 Å². The summed E-state index contributed by atoms with van der Waals surface area (Å²) in [5.41, 5.74) is 0.130. The normalized spacial score (nSPS) is 12.0. The van der Waals surface area contributed by atoms with Gasteiger partial charge in [0.2, 0.25) is 16.6 Å². The van der Waals surface area contributed by atoms with Gasteiger partial charge in [-0.2, -0.15) is 18.6 Å². The molecule has 4 rings (SSSR count). The number of non-ortho nitro benzene ring substituents is 2. The SMILES string of the molecule is O=c1ccc(=NNc2ccc(Nc3ccc([N+](=O)[O-])cc3S(=O)(=O)O)cc2)c(=O)c1=NNc1cc([N+](=O)[O-])cc([N+](=O)[O-])c1O. The van der Waals surface area contributed by atoms with Crippen LogP contribution in [0.2, 0.25) is 0 Å². The highest BCUT2D eigenvalue weighted by Crippen LogP contribution is 2.37. The number of nitro groups is 3. The van der Waals surface area contributed by atoms with Crippen molar-refractivity contribution in [1.29, 1.82) is 0 Å². The molecular weight excluding hydrogens is 624 g/mol. The number of rotatable bonds is 10. The first-order valence-electron chi connectivity index (χ1n) is 11.9. The van der Waals surface area contributed by atoms with E-state index in [-0.39, 0.29) is 22.4 Å². The molecule has 20 nitrogen and oxygen atoms in total. The Bertz CT molecular complexity index is 2210. The molecule has 21 heteroatoms. The summed E-state index contributed by atoms with van der Waals surface area (Å²) in [5, 5.41) is 52.4. The summed E-state index contributed by atoms with van der Waals surface area (Å²) in [6.45, 7) is 0. The summed E-state index contributed by atoms with van der Waals surface area (Å²) < 4.78 is 32.9. The second-order valence-corrected chi connectivity index (χ2v) is 10.1. The molecule has 0 saturated carbocycles. The molecule has 0 spiro atoms. The molecule has 0 radical (unpaired) electrons. The minimum atomic E-state index is -4.83. The Morgan fingerprint density at radius 3 is 1.96 bits per heavy atom. The van der Waals surface area contributed by atoms with Crippen molar-refractivity contribution in [2.45, 2.75) is 4.90 Å². The lowest BCUT2D eigenvalue weighted by Crippen LogP contribution is -2.47. The Morgan fingerprint density at radius 2 is 1.36 bits per heavy atom. The van der Waals surface area contributed by atoms with E-state index in [0.717, 1.165) is 24.3 Å². The maximum atomic E-state index is 12.8. The Morgan fingerprint density at radius 1 is 0.711 bits per heavy atom. The minimum Gasteiger partial charge on any atom is -0.501 e. The van der Waals surface area contributed by atoms with E-state index in [0.29, 0.717) is 18.2 Å². The molecule has 0 fully saturated rings. The predicted octanol–water partition coefficient (Wildman–Crippen LogP) is 1.56. The van der Waals surface area contributed by atoms with E-state index in [9.17, 15) is 58.0 Å².